The molecule has 4 atom stereocenters. The van der Waals surface area contributed by atoms with E-state index in [4.69, 9.17) is 9.47 Å². The van der Waals surface area contributed by atoms with Crippen molar-refractivity contribution in [1.29, 1.82) is 0 Å². The Morgan fingerprint density at radius 2 is 1.56 bits per heavy atom. The largest absolute Gasteiger partial charge is 0.471 e. The van der Waals surface area contributed by atoms with Gasteiger partial charge in [0.1, 0.15) is 6.04 Å². The summed E-state index contributed by atoms with van der Waals surface area (Å²) in [7, 11) is 0. The molecule has 14 heteroatoms. The van der Waals surface area contributed by atoms with Gasteiger partial charge in [-0.15, -0.1) is 0 Å². The summed E-state index contributed by atoms with van der Waals surface area (Å²) in [5.74, 6) is -1.86. The van der Waals surface area contributed by atoms with Crippen LogP contribution in [0.3, 0.4) is 0 Å². The summed E-state index contributed by atoms with van der Waals surface area (Å²) < 4.78 is 51.9. The number of likely N-dealkylation sites (tertiary alicyclic amines) is 1. The lowest BCUT2D eigenvalue weighted by Crippen LogP contribution is -2.50. The fourth-order valence-electron chi connectivity index (χ4n) is 6.45. The van der Waals surface area contributed by atoms with Gasteiger partial charge in [0.25, 0.3) is 0 Å². The molecule has 6 rings (SSSR count). The van der Waals surface area contributed by atoms with Crippen molar-refractivity contribution in [1.82, 2.24) is 25.1 Å². The number of carbonyl (C=O) groups is 2. The van der Waals surface area contributed by atoms with Crippen LogP contribution in [0.5, 0.6) is 0 Å². The number of piperazine rings is 1. The molecule has 3 aromatic rings. The molecule has 0 saturated carbocycles. The summed E-state index contributed by atoms with van der Waals surface area (Å²) in [6, 6.07) is 15.7. The molecular weight excluding hydrogens is 629 g/mol. The van der Waals surface area contributed by atoms with E-state index in [0.717, 1.165) is 54.4 Å². The van der Waals surface area contributed by atoms with Crippen molar-refractivity contribution in [3.05, 3.63) is 89.2 Å². The van der Waals surface area contributed by atoms with Crippen LogP contribution in [0.4, 0.5) is 19.1 Å². The van der Waals surface area contributed by atoms with E-state index >= 15 is 0 Å². The molecule has 48 heavy (non-hydrogen) atoms. The first kappa shape index (κ1) is 33.8. The first-order valence-electron chi connectivity index (χ1n) is 16.2. The summed E-state index contributed by atoms with van der Waals surface area (Å²) in [5, 5.41) is 12.2. The van der Waals surface area contributed by atoms with Gasteiger partial charge < -0.3 is 29.7 Å². The predicted molar refractivity (Wildman–Crippen MR) is 168 cm³/mol. The SMILES string of the molecule is O=C(NCc1ccc([C@@H]2O[C@H](CN3CCN(c4ncccn4)CC3)C[C@H](c3ccc(CO)cc3)O2)cc1)[C@@H]1CCCN1C(=O)C(F)(F)F. The molecule has 3 fully saturated rings. The lowest BCUT2D eigenvalue weighted by molar-refractivity contribution is -0.253. The van der Waals surface area contributed by atoms with Gasteiger partial charge in [0.15, 0.2) is 6.29 Å². The summed E-state index contributed by atoms with van der Waals surface area (Å²) in [6.45, 7) is 3.95. The third kappa shape index (κ3) is 8.12. The van der Waals surface area contributed by atoms with Crippen LogP contribution in [0.15, 0.2) is 67.0 Å². The highest BCUT2D eigenvalue weighted by molar-refractivity contribution is 5.90. The van der Waals surface area contributed by atoms with Gasteiger partial charge in [0.05, 0.1) is 18.8 Å². The minimum atomic E-state index is -5.02. The van der Waals surface area contributed by atoms with Crippen molar-refractivity contribution in [3.63, 3.8) is 0 Å². The Kier molecular flexibility index (Phi) is 10.5. The van der Waals surface area contributed by atoms with Gasteiger partial charge in [0.2, 0.25) is 11.9 Å². The molecule has 2 aromatic carbocycles. The highest BCUT2D eigenvalue weighted by atomic mass is 19.4. The van der Waals surface area contributed by atoms with Crippen LogP contribution in [0.25, 0.3) is 0 Å². The van der Waals surface area contributed by atoms with Crippen LogP contribution in [0.1, 0.15) is 53.9 Å². The number of nitrogens with one attached hydrogen (secondary N) is 1. The molecule has 3 aliphatic heterocycles. The minimum absolute atomic E-state index is 0.0441. The fraction of sp³-hybridized carbons (Fsp3) is 0.471. The maximum absolute atomic E-state index is 13.0. The second-order valence-electron chi connectivity index (χ2n) is 12.3. The van der Waals surface area contributed by atoms with Gasteiger partial charge in [-0.05, 0) is 35.6 Å². The summed E-state index contributed by atoms with van der Waals surface area (Å²) in [6.07, 6.45) is -1.38. The molecule has 0 aliphatic carbocycles. The van der Waals surface area contributed by atoms with Gasteiger partial charge in [-0.3, -0.25) is 14.5 Å². The molecule has 0 bridgehead atoms. The number of ether oxygens (including phenoxy) is 2. The molecule has 2 N–H and O–H groups in total. The van der Waals surface area contributed by atoms with Gasteiger partial charge in [-0.1, -0.05) is 48.5 Å². The standard InChI is InChI=1S/C34H39F3N6O5/c35-34(36,37)32(46)43-14-1-3-28(43)30(45)40-20-23-4-10-26(11-5-23)31-47-27(19-29(48-31)25-8-6-24(22-44)7-9-25)21-41-15-17-42(18-16-41)33-38-12-2-13-39-33/h2,4-13,27-29,31,44H,1,3,14-22H2,(H,40,45)/t27-,28-,29+,31+/m0/s1. The number of halogens is 3. The number of hydrogen-bond donors (Lipinski definition) is 2. The number of aliphatic hydroxyl groups excluding tert-OH is 1. The number of alkyl halides is 3. The fourth-order valence-corrected chi connectivity index (χ4v) is 6.45. The molecule has 0 unspecified atom stereocenters. The average Bonchev–Trinajstić information content (AvgIpc) is 3.61. The maximum Gasteiger partial charge on any atom is 0.471 e. The number of anilines is 1. The topological polar surface area (TPSA) is 120 Å². The van der Waals surface area contributed by atoms with Crippen LogP contribution in [0.2, 0.25) is 0 Å². The number of rotatable bonds is 9. The van der Waals surface area contributed by atoms with Gasteiger partial charge in [-0.2, -0.15) is 13.2 Å². The number of benzene rings is 2. The zero-order valence-electron chi connectivity index (χ0n) is 26.4. The molecule has 11 nitrogen and oxygen atoms in total. The zero-order chi connectivity index (χ0) is 33.7. The van der Waals surface area contributed by atoms with Crippen molar-refractivity contribution in [2.45, 2.75) is 63.1 Å². The molecule has 3 saturated heterocycles. The molecule has 256 valence electrons. The Morgan fingerprint density at radius 3 is 2.23 bits per heavy atom. The Bertz CT molecular complexity index is 1520. The molecule has 4 heterocycles. The molecule has 1 aromatic heterocycles. The van der Waals surface area contributed by atoms with E-state index < -0.39 is 30.3 Å². The van der Waals surface area contributed by atoms with E-state index in [1.165, 1.54) is 0 Å². The number of amides is 2. The Labute approximate surface area is 276 Å². The van der Waals surface area contributed by atoms with Gasteiger partial charge in [-0.25, -0.2) is 9.97 Å². The average molecular weight is 669 g/mol. The van der Waals surface area contributed by atoms with E-state index in [1.54, 1.807) is 18.5 Å². The number of aliphatic hydroxyl groups is 1. The van der Waals surface area contributed by atoms with Crippen LogP contribution in [-0.2, 0) is 32.2 Å². The highest BCUT2D eigenvalue weighted by Gasteiger charge is 2.47. The van der Waals surface area contributed by atoms with E-state index in [-0.39, 0.29) is 38.3 Å². The number of nitrogens with zero attached hydrogens (tertiary/aromatic N) is 5. The summed E-state index contributed by atoms with van der Waals surface area (Å²) in [4.78, 5) is 38.4. The third-order valence-electron chi connectivity index (χ3n) is 9.06. The normalized spacial score (nSPS) is 23.7. The lowest BCUT2D eigenvalue weighted by Gasteiger charge is -2.40. The summed E-state index contributed by atoms with van der Waals surface area (Å²) >= 11 is 0. The lowest BCUT2D eigenvalue weighted by atomic mass is 9.99. The second kappa shape index (κ2) is 15.0. The van der Waals surface area contributed by atoms with E-state index in [1.807, 2.05) is 48.5 Å². The van der Waals surface area contributed by atoms with Crippen LogP contribution in [-0.4, -0.2) is 94.3 Å². The smallest absolute Gasteiger partial charge is 0.392 e. The van der Waals surface area contributed by atoms with Crippen molar-refractivity contribution < 1.29 is 37.3 Å². The van der Waals surface area contributed by atoms with Crippen LogP contribution in [0, 0.1) is 0 Å². The zero-order valence-corrected chi connectivity index (χ0v) is 26.4. The quantitative estimate of drug-likeness (QED) is 0.353. The molecule has 2 amide bonds. The molecule has 0 spiro atoms. The first-order valence-corrected chi connectivity index (χ1v) is 16.2. The number of carbonyl (C=O) groups excluding carboxylic acids is 2. The molecular formula is C34H39F3N6O5. The van der Waals surface area contributed by atoms with E-state index in [2.05, 4.69) is 25.1 Å². The monoisotopic (exact) mass is 668 g/mol. The van der Waals surface area contributed by atoms with E-state index in [9.17, 15) is 27.9 Å². The van der Waals surface area contributed by atoms with Crippen LogP contribution >= 0.6 is 0 Å². The van der Waals surface area contributed by atoms with E-state index in [0.29, 0.717) is 24.3 Å². The van der Waals surface area contributed by atoms with Crippen molar-refractivity contribution in [2.75, 3.05) is 44.2 Å². The minimum Gasteiger partial charge on any atom is -0.392 e. The Morgan fingerprint density at radius 1 is 0.896 bits per heavy atom. The van der Waals surface area contributed by atoms with Crippen LogP contribution < -0.4 is 10.2 Å². The third-order valence-corrected chi connectivity index (χ3v) is 9.06. The predicted octanol–water partition coefficient (Wildman–Crippen LogP) is 3.51. The summed E-state index contributed by atoms with van der Waals surface area (Å²) in [5.41, 5.74) is 3.33. The second-order valence-corrected chi connectivity index (χ2v) is 12.3. The Hall–Kier alpha value is -4.11. The molecule has 0 radical (unpaired) electrons. The van der Waals surface area contributed by atoms with Gasteiger partial charge >= 0.3 is 12.1 Å². The highest BCUT2D eigenvalue weighted by Crippen LogP contribution is 2.38. The number of hydrogen-bond acceptors (Lipinski definition) is 9. The van der Waals surface area contributed by atoms with Gasteiger partial charge in [0, 0.05) is 70.2 Å². The molecule has 3 aliphatic rings. The van der Waals surface area contributed by atoms with Crippen molar-refractivity contribution >= 4 is 17.8 Å². The number of aromatic nitrogens is 2. The first-order chi connectivity index (χ1) is 23.2. The maximum atomic E-state index is 13.0. The Balaban J connectivity index is 1.09. The van der Waals surface area contributed by atoms with Crippen molar-refractivity contribution in [2.24, 2.45) is 0 Å². The van der Waals surface area contributed by atoms with Crippen molar-refractivity contribution in [3.8, 4) is 0 Å².